The van der Waals surface area contributed by atoms with Crippen molar-refractivity contribution in [1.82, 2.24) is 0 Å². The van der Waals surface area contributed by atoms with Gasteiger partial charge < -0.3 is 15.7 Å². The minimum atomic E-state index is -0.324. The van der Waals surface area contributed by atoms with Crippen molar-refractivity contribution in [3.05, 3.63) is 29.2 Å². The summed E-state index contributed by atoms with van der Waals surface area (Å²) in [4.78, 5) is 18.6. The van der Waals surface area contributed by atoms with Crippen LogP contribution in [0.5, 0.6) is 5.75 Å². The Bertz CT molecular complexity index is 297. The van der Waals surface area contributed by atoms with Gasteiger partial charge in [-0.3, -0.25) is 4.79 Å². The van der Waals surface area contributed by atoms with Gasteiger partial charge in [-0.2, -0.15) is 0 Å². The number of nitrogen functional groups attached to an aromatic ring is 1. The molecule has 0 aliphatic rings. The monoisotopic (exact) mass is 198 g/mol. The molecule has 0 amide bonds. The van der Waals surface area contributed by atoms with Crippen LogP contribution in [0.3, 0.4) is 0 Å². The molecule has 14 heavy (non-hydrogen) atoms. The molecule has 0 heterocycles. The highest BCUT2D eigenvalue weighted by Gasteiger charge is 1.95. The van der Waals surface area contributed by atoms with Crippen LogP contribution in [0.15, 0.2) is 29.6 Å². The Hall–Kier alpha value is -2.11. The van der Waals surface area contributed by atoms with Crippen molar-refractivity contribution >= 4 is 11.7 Å². The molecule has 76 valence electrons. The molecule has 0 aliphatic carbocycles. The summed E-state index contributed by atoms with van der Waals surface area (Å²) in [7, 11) is 0. The number of ether oxygens (including phenoxy) is 1. The van der Waals surface area contributed by atoms with Gasteiger partial charge in [0.15, 0.2) is 5.34 Å². The van der Waals surface area contributed by atoms with Crippen LogP contribution in [0.2, 0.25) is 0 Å². The average Bonchev–Trinajstić information content (AvgIpc) is 2.09. The zero-order valence-corrected chi connectivity index (χ0v) is 7.51. The summed E-state index contributed by atoms with van der Waals surface area (Å²) in [6, 6.07) is 6.66. The lowest BCUT2D eigenvalue weighted by atomic mass is 10.3. The number of benzene rings is 1. The van der Waals surface area contributed by atoms with Crippen molar-refractivity contribution in [3.63, 3.8) is 0 Å². The summed E-state index contributed by atoms with van der Waals surface area (Å²) in [5, 5.41) is 7.89. The predicted octanol–water partition coefficient (Wildman–Crippen LogP) is 1.34. The van der Waals surface area contributed by atoms with Crippen molar-refractivity contribution in [2.45, 2.75) is 6.92 Å². The number of nitrogens with zero attached hydrogens (tertiary/aromatic N) is 1. The van der Waals surface area contributed by atoms with Gasteiger partial charge in [0.05, 0.1) is 0 Å². The van der Waals surface area contributed by atoms with Gasteiger partial charge in [0.1, 0.15) is 5.75 Å². The lowest BCUT2D eigenvalue weighted by Gasteiger charge is -1.99. The second-order valence-electron chi connectivity index (χ2n) is 2.24. The summed E-state index contributed by atoms with van der Waals surface area (Å²) >= 11 is 0. The fourth-order valence-corrected chi connectivity index (χ4v) is 0.702. The minimum Gasteiger partial charge on any atom is -0.427 e. The summed E-state index contributed by atoms with van der Waals surface area (Å²) in [5.41, 5.74) is 6.07. The largest absolute Gasteiger partial charge is 0.427 e. The molecule has 0 saturated heterocycles. The minimum absolute atomic E-state index is 0.324. The molecule has 1 aromatic carbocycles. The molecule has 0 spiro atoms. The Balaban J connectivity index is 0.000000500. The van der Waals surface area contributed by atoms with Gasteiger partial charge in [-0.15, -0.1) is 4.91 Å². The number of carbonyl (C=O) groups excluding carboxylic acids is 1. The first kappa shape index (κ1) is 11.9. The van der Waals surface area contributed by atoms with Gasteiger partial charge >= 0.3 is 5.97 Å². The maximum Gasteiger partial charge on any atom is 0.308 e. The first-order chi connectivity index (χ1) is 6.60. The Labute approximate surface area is 80.2 Å². The van der Waals surface area contributed by atoms with Crippen molar-refractivity contribution in [2.75, 3.05) is 5.73 Å². The van der Waals surface area contributed by atoms with E-state index in [4.69, 9.17) is 20.6 Å². The van der Waals surface area contributed by atoms with Crippen LogP contribution in [0.4, 0.5) is 5.69 Å². The van der Waals surface area contributed by atoms with Crippen LogP contribution in [0, 0.1) is 4.91 Å². The fraction of sp³-hybridized carbons (Fsp3) is 0.125. The molecule has 0 unspecified atom stereocenters. The highest BCUT2D eigenvalue weighted by Crippen LogP contribution is 2.12. The Morgan fingerprint density at radius 3 is 2.21 bits per heavy atom. The van der Waals surface area contributed by atoms with Crippen LogP contribution in [0.1, 0.15) is 6.92 Å². The molecule has 0 bridgehead atoms. The van der Waals surface area contributed by atoms with E-state index in [1.807, 2.05) is 0 Å². The molecule has 0 aliphatic heterocycles. The van der Waals surface area contributed by atoms with Crippen LogP contribution in [-0.4, -0.2) is 11.2 Å². The van der Waals surface area contributed by atoms with Crippen LogP contribution in [-0.2, 0) is 4.79 Å². The highest BCUT2D eigenvalue weighted by molar-refractivity contribution is 5.69. The second-order valence-corrected chi connectivity index (χ2v) is 2.24. The van der Waals surface area contributed by atoms with Crippen LogP contribution in [0.25, 0.3) is 0 Å². The topological polar surface area (TPSA) is 102 Å². The van der Waals surface area contributed by atoms with Crippen LogP contribution < -0.4 is 10.5 Å². The quantitative estimate of drug-likeness (QED) is 0.233. The molecule has 0 radical (unpaired) electrons. The van der Waals surface area contributed by atoms with Gasteiger partial charge in [0.25, 0.3) is 0 Å². The molecule has 6 nitrogen and oxygen atoms in total. The fourth-order valence-electron chi connectivity index (χ4n) is 0.702. The molecule has 6 heteroatoms. The van der Waals surface area contributed by atoms with Crippen molar-refractivity contribution in [1.29, 1.82) is 0 Å². The number of esters is 1. The van der Waals surface area contributed by atoms with Gasteiger partial charge in [-0.05, 0) is 24.3 Å². The predicted molar refractivity (Wildman–Crippen MR) is 49.7 cm³/mol. The number of anilines is 1. The van der Waals surface area contributed by atoms with Gasteiger partial charge in [0.2, 0.25) is 0 Å². The van der Waals surface area contributed by atoms with E-state index >= 15 is 0 Å². The van der Waals surface area contributed by atoms with E-state index in [-0.39, 0.29) is 5.97 Å². The van der Waals surface area contributed by atoms with E-state index in [0.717, 1.165) is 0 Å². The second kappa shape index (κ2) is 6.41. The smallest absolute Gasteiger partial charge is 0.308 e. The zero-order chi connectivity index (χ0) is 11.0. The standard InChI is InChI=1S/C8H9NO2.HNO2/c1-6(10)11-8-4-2-7(9)3-5-8;2-1-3/h2-5H,9H2,1H3;(H,2,3). The summed E-state index contributed by atoms with van der Waals surface area (Å²) in [5.74, 6) is 0.196. The van der Waals surface area contributed by atoms with Gasteiger partial charge in [0, 0.05) is 12.6 Å². The van der Waals surface area contributed by atoms with Gasteiger partial charge in [-0.25, -0.2) is 0 Å². The maximum atomic E-state index is 10.4. The van der Waals surface area contributed by atoms with E-state index in [1.165, 1.54) is 12.3 Å². The first-order valence-corrected chi connectivity index (χ1v) is 3.60. The molecule has 0 fully saturated rings. The van der Waals surface area contributed by atoms with Crippen molar-refractivity contribution < 1.29 is 14.7 Å². The van der Waals surface area contributed by atoms with Crippen molar-refractivity contribution in [2.24, 2.45) is 5.34 Å². The lowest BCUT2D eigenvalue weighted by Crippen LogP contribution is -2.00. The molecule has 0 aromatic heterocycles. The van der Waals surface area contributed by atoms with Gasteiger partial charge in [-0.1, -0.05) is 0 Å². The van der Waals surface area contributed by atoms with E-state index in [0.29, 0.717) is 11.4 Å². The average molecular weight is 198 g/mol. The van der Waals surface area contributed by atoms with E-state index in [1.54, 1.807) is 24.3 Å². The Morgan fingerprint density at radius 2 is 1.86 bits per heavy atom. The summed E-state index contributed by atoms with van der Waals surface area (Å²) < 4.78 is 4.77. The zero-order valence-electron chi connectivity index (χ0n) is 7.51. The van der Waals surface area contributed by atoms with E-state index < -0.39 is 0 Å². The maximum absolute atomic E-state index is 10.4. The molecule has 3 N–H and O–H groups in total. The summed E-state index contributed by atoms with van der Waals surface area (Å²) in [6.07, 6.45) is 0. The van der Waals surface area contributed by atoms with Crippen LogP contribution >= 0.6 is 0 Å². The molecule has 0 atom stereocenters. The highest BCUT2D eigenvalue weighted by atomic mass is 16.6. The van der Waals surface area contributed by atoms with Crippen molar-refractivity contribution in [3.8, 4) is 5.75 Å². The Morgan fingerprint density at radius 1 is 1.43 bits per heavy atom. The number of rotatable bonds is 1. The first-order valence-electron chi connectivity index (χ1n) is 3.60. The third-order valence-corrected chi connectivity index (χ3v) is 1.14. The van der Waals surface area contributed by atoms with E-state index in [9.17, 15) is 4.79 Å². The normalized spacial score (nSPS) is 8.07. The molecule has 1 rings (SSSR count). The molecular weight excluding hydrogens is 188 g/mol. The number of hydrogen-bond acceptors (Lipinski definition) is 5. The number of hydrogen-bond donors (Lipinski definition) is 2. The third kappa shape index (κ3) is 5.53. The van der Waals surface area contributed by atoms with E-state index in [2.05, 4.69) is 0 Å². The number of nitrogens with two attached hydrogens (primary N) is 1. The lowest BCUT2D eigenvalue weighted by molar-refractivity contribution is -0.131. The SMILES string of the molecule is CC(=O)Oc1ccc(N)cc1.O=NO. The summed E-state index contributed by atoms with van der Waals surface area (Å²) in [6.45, 7) is 1.36. The Kier molecular flexibility index (Phi) is 5.44. The molecule has 0 saturated carbocycles. The molecule has 1 aromatic rings. The third-order valence-electron chi connectivity index (χ3n) is 1.14. The molecular formula is C8H10N2O4. The number of carbonyl (C=O) groups is 1.